The molecular formula is C16H14ClN3. The van der Waals surface area contributed by atoms with Crippen LogP contribution in [-0.2, 0) is 6.54 Å². The van der Waals surface area contributed by atoms with Crippen molar-refractivity contribution in [2.75, 3.05) is 11.1 Å². The van der Waals surface area contributed by atoms with Gasteiger partial charge in [-0.15, -0.1) is 0 Å². The number of rotatable bonds is 3. The maximum Gasteiger partial charge on any atom is 0.0751 e. The van der Waals surface area contributed by atoms with E-state index < -0.39 is 0 Å². The molecule has 4 heteroatoms. The van der Waals surface area contributed by atoms with Crippen molar-refractivity contribution >= 4 is 33.9 Å². The number of hydrogen-bond donors (Lipinski definition) is 2. The Labute approximate surface area is 122 Å². The van der Waals surface area contributed by atoms with Crippen molar-refractivity contribution in [1.29, 1.82) is 0 Å². The molecule has 0 saturated heterocycles. The number of nitrogens with one attached hydrogen (secondary N) is 1. The molecule has 3 rings (SSSR count). The molecule has 0 amide bonds. The molecule has 0 unspecified atom stereocenters. The van der Waals surface area contributed by atoms with Gasteiger partial charge in [-0.3, -0.25) is 4.98 Å². The number of aromatic nitrogens is 1. The summed E-state index contributed by atoms with van der Waals surface area (Å²) in [6, 6.07) is 15.5. The Morgan fingerprint density at radius 1 is 1.10 bits per heavy atom. The fourth-order valence-corrected chi connectivity index (χ4v) is 2.35. The molecule has 0 fully saturated rings. The highest BCUT2D eigenvalue weighted by Gasteiger charge is 2.04. The lowest BCUT2D eigenvalue weighted by molar-refractivity contribution is 1.15. The first-order valence-electron chi connectivity index (χ1n) is 6.35. The van der Waals surface area contributed by atoms with Gasteiger partial charge in [0.1, 0.15) is 0 Å². The summed E-state index contributed by atoms with van der Waals surface area (Å²) in [4.78, 5) is 4.44. The van der Waals surface area contributed by atoms with E-state index in [0.29, 0.717) is 17.3 Å². The predicted molar refractivity (Wildman–Crippen MR) is 84.9 cm³/mol. The number of para-hydroxylation sites is 1. The fraction of sp³-hybridized carbons (Fsp3) is 0.0625. The Morgan fingerprint density at radius 2 is 1.95 bits per heavy atom. The van der Waals surface area contributed by atoms with Gasteiger partial charge in [-0.25, -0.2) is 0 Å². The summed E-state index contributed by atoms with van der Waals surface area (Å²) in [5, 5.41) is 5.11. The molecule has 3 N–H and O–H groups in total. The maximum absolute atomic E-state index is 5.99. The zero-order valence-corrected chi connectivity index (χ0v) is 11.6. The van der Waals surface area contributed by atoms with E-state index in [1.54, 1.807) is 18.3 Å². The number of nitrogens with zero attached hydrogens (tertiary/aromatic N) is 1. The first kappa shape index (κ1) is 12.8. The van der Waals surface area contributed by atoms with Gasteiger partial charge in [0.05, 0.1) is 16.9 Å². The third-order valence-electron chi connectivity index (χ3n) is 3.20. The van der Waals surface area contributed by atoms with Crippen molar-refractivity contribution < 1.29 is 0 Å². The molecule has 0 bridgehead atoms. The molecule has 0 aliphatic rings. The predicted octanol–water partition coefficient (Wildman–Crippen LogP) is 4.08. The molecule has 0 aliphatic heterocycles. The second kappa shape index (κ2) is 5.39. The van der Waals surface area contributed by atoms with Gasteiger partial charge in [-0.2, -0.15) is 0 Å². The van der Waals surface area contributed by atoms with Crippen LogP contribution in [0, 0.1) is 0 Å². The Kier molecular flexibility index (Phi) is 3.44. The third kappa shape index (κ3) is 2.53. The van der Waals surface area contributed by atoms with E-state index in [9.17, 15) is 0 Å². The summed E-state index contributed by atoms with van der Waals surface area (Å²) in [5.41, 5.74) is 9.58. The first-order valence-corrected chi connectivity index (χ1v) is 6.73. The molecule has 3 aromatic rings. The van der Waals surface area contributed by atoms with E-state index in [0.717, 1.165) is 22.2 Å². The number of pyridine rings is 1. The zero-order valence-electron chi connectivity index (χ0n) is 10.8. The Balaban J connectivity index is 1.89. The summed E-state index contributed by atoms with van der Waals surface area (Å²) in [6.45, 7) is 0.652. The Hall–Kier alpha value is -2.26. The highest BCUT2D eigenvalue weighted by molar-refractivity contribution is 6.31. The average molecular weight is 284 g/mol. The lowest BCUT2D eigenvalue weighted by atomic mass is 10.1. The summed E-state index contributed by atoms with van der Waals surface area (Å²) < 4.78 is 0. The van der Waals surface area contributed by atoms with Crippen LogP contribution in [0.5, 0.6) is 0 Å². The van der Waals surface area contributed by atoms with Crippen LogP contribution in [-0.4, -0.2) is 4.98 Å². The molecule has 3 nitrogen and oxygen atoms in total. The first-order chi connectivity index (χ1) is 9.74. The van der Waals surface area contributed by atoms with Gasteiger partial charge in [0.25, 0.3) is 0 Å². The summed E-state index contributed by atoms with van der Waals surface area (Å²) in [6.07, 6.45) is 1.81. The smallest absolute Gasteiger partial charge is 0.0751 e. The standard InChI is InChI=1S/C16H14ClN3/c17-13-6-7-14(18)15(9-13)20-10-12-4-1-3-11-5-2-8-19-16(11)12/h1-9,20H,10,18H2. The van der Waals surface area contributed by atoms with Crippen molar-refractivity contribution in [2.24, 2.45) is 0 Å². The van der Waals surface area contributed by atoms with Crippen molar-refractivity contribution in [3.8, 4) is 0 Å². The molecule has 2 aromatic carbocycles. The van der Waals surface area contributed by atoms with Gasteiger partial charge >= 0.3 is 0 Å². The lowest BCUT2D eigenvalue weighted by Crippen LogP contribution is -2.03. The van der Waals surface area contributed by atoms with Gasteiger partial charge in [-0.05, 0) is 29.8 Å². The van der Waals surface area contributed by atoms with E-state index in [1.807, 2.05) is 18.2 Å². The van der Waals surface area contributed by atoms with Crippen LogP contribution in [0.15, 0.2) is 54.7 Å². The zero-order chi connectivity index (χ0) is 13.9. The van der Waals surface area contributed by atoms with Gasteiger partial charge in [-0.1, -0.05) is 35.9 Å². The molecule has 1 heterocycles. The van der Waals surface area contributed by atoms with Gasteiger partial charge in [0, 0.05) is 23.2 Å². The Bertz CT molecular complexity index is 750. The van der Waals surface area contributed by atoms with Crippen molar-refractivity contribution in [1.82, 2.24) is 4.98 Å². The SMILES string of the molecule is Nc1ccc(Cl)cc1NCc1cccc2cccnc12. The number of halogens is 1. The second-order valence-corrected chi connectivity index (χ2v) is 5.01. The molecule has 100 valence electrons. The number of benzene rings is 2. The van der Waals surface area contributed by atoms with E-state index in [4.69, 9.17) is 17.3 Å². The van der Waals surface area contributed by atoms with E-state index >= 15 is 0 Å². The van der Waals surface area contributed by atoms with Crippen molar-refractivity contribution in [3.63, 3.8) is 0 Å². The van der Waals surface area contributed by atoms with Crippen molar-refractivity contribution in [3.05, 3.63) is 65.3 Å². The fourth-order valence-electron chi connectivity index (χ4n) is 2.18. The quantitative estimate of drug-likeness (QED) is 0.712. The van der Waals surface area contributed by atoms with Crippen LogP contribution in [0.1, 0.15) is 5.56 Å². The minimum Gasteiger partial charge on any atom is -0.397 e. The highest BCUT2D eigenvalue weighted by Crippen LogP contribution is 2.24. The van der Waals surface area contributed by atoms with Crippen LogP contribution < -0.4 is 11.1 Å². The number of fused-ring (bicyclic) bond motifs is 1. The molecule has 1 aromatic heterocycles. The molecule has 0 saturated carbocycles. The summed E-state index contributed by atoms with van der Waals surface area (Å²) >= 11 is 5.99. The third-order valence-corrected chi connectivity index (χ3v) is 3.44. The largest absolute Gasteiger partial charge is 0.397 e. The lowest BCUT2D eigenvalue weighted by Gasteiger charge is -2.11. The normalized spacial score (nSPS) is 10.7. The average Bonchev–Trinajstić information content (AvgIpc) is 2.48. The molecule has 0 atom stereocenters. The van der Waals surface area contributed by atoms with Gasteiger partial charge in [0.2, 0.25) is 0 Å². The van der Waals surface area contributed by atoms with Crippen LogP contribution in [0.25, 0.3) is 10.9 Å². The van der Waals surface area contributed by atoms with Crippen LogP contribution in [0.4, 0.5) is 11.4 Å². The van der Waals surface area contributed by atoms with Crippen LogP contribution >= 0.6 is 11.6 Å². The van der Waals surface area contributed by atoms with Crippen molar-refractivity contribution in [2.45, 2.75) is 6.54 Å². The number of nitrogen functional groups attached to an aromatic ring is 1. The van der Waals surface area contributed by atoms with Gasteiger partial charge < -0.3 is 11.1 Å². The van der Waals surface area contributed by atoms with E-state index in [1.165, 1.54) is 0 Å². The van der Waals surface area contributed by atoms with Gasteiger partial charge in [0.15, 0.2) is 0 Å². The summed E-state index contributed by atoms with van der Waals surface area (Å²) in [7, 11) is 0. The topological polar surface area (TPSA) is 50.9 Å². The molecule has 0 aliphatic carbocycles. The number of hydrogen-bond acceptors (Lipinski definition) is 3. The molecular weight excluding hydrogens is 270 g/mol. The molecule has 20 heavy (non-hydrogen) atoms. The number of nitrogens with two attached hydrogens (primary N) is 1. The molecule has 0 spiro atoms. The summed E-state index contributed by atoms with van der Waals surface area (Å²) in [5.74, 6) is 0. The molecule has 0 radical (unpaired) electrons. The van der Waals surface area contributed by atoms with E-state index in [2.05, 4.69) is 28.5 Å². The minimum absolute atomic E-state index is 0.652. The van der Waals surface area contributed by atoms with Crippen LogP contribution in [0.2, 0.25) is 5.02 Å². The second-order valence-electron chi connectivity index (χ2n) is 4.58. The van der Waals surface area contributed by atoms with Crippen LogP contribution in [0.3, 0.4) is 0 Å². The minimum atomic E-state index is 0.652. The maximum atomic E-state index is 5.99. The van der Waals surface area contributed by atoms with E-state index in [-0.39, 0.29) is 0 Å². The highest BCUT2D eigenvalue weighted by atomic mass is 35.5. The Morgan fingerprint density at radius 3 is 2.85 bits per heavy atom. The number of anilines is 2. The monoisotopic (exact) mass is 283 g/mol.